The van der Waals surface area contributed by atoms with Crippen molar-refractivity contribution in [3.63, 3.8) is 0 Å². The fourth-order valence-corrected chi connectivity index (χ4v) is 0.350. The summed E-state index contributed by atoms with van der Waals surface area (Å²) < 4.78 is 4.69. The van der Waals surface area contributed by atoms with Gasteiger partial charge in [-0.15, -0.1) is 0 Å². The van der Waals surface area contributed by atoms with Crippen molar-refractivity contribution >= 4 is 6.02 Å². The Morgan fingerprint density at radius 3 is 3.00 bits per heavy atom. The van der Waals surface area contributed by atoms with E-state index in [9.17, 15) is 0 Å². The fraction of sp³-hybridized carbons (Fsp3) is 0.667. The second-order valence-corrected chi connectivity index (χ2v) is 1.19. The lowest BCUT2D eigenvalue weighted by Crippen LogP contribution is -2.31. The van der Waals surface area contributed by atoms with Crippen LogP contribution in [0.4, 0.5) is 0 Å². The molecule has 0 radical (unpaired) electrons. The van der Waals surface area contributed by atoms with Gasteiger partial charge in [0.2, 0.25) is 0 Å². The van der Waals surface area contributed by atoms with Gasteiger partial charge in [-0.2, -0.15) is 0 Å². The summed E-state index contributed by atoms with van der Waals surface area (Å²) in [5.41, 5.74) is 5.12. The van der Waals surface area contributed by atoms with Gasteiger partial charge in [0.1, 0.15) is 6.73 Å². The molecule has 0 spiro atoms. The van der Waals surface area contributed by atoms with Gasteiger partial charge >= 0.3 is 0 Å². The molecule has 4 nitrogen and oxygen atoms in total. The van der Waals surface area contributed by atoms with Gasteiger partial charge in [-0.1, -0.05) is 0 Å². The van der Waals surface area contributed by atoms with E-state index in [1.807, 2.05) is 0 Å². The predicted octanol–water partition coefficient (Wildman–Crippen LogP) is -1.16. The molecule has 0 atom stereocenters. The number of hydrogen-bond donors (Lipinski definition) is 2. The number of aliphatic imine (C=N–C) groups is 1. The summed E-state index contributed by atoms with van der Waals surface area (Å²) in [6.45, 7) is 1.06. The molecule has 4 heteroatoms. The van der Waals surface area contributed by atoms with Gasteiger partial charge in [0.15, 0.2) is 0 Å². The largest absolute Gasteiger partial charge is 0.449 e. The molecule has 7 heavy (non-hydrogen) atoms. The van der Waals surface area contributed by atoms with E-state index in [1.54, 1.807) is 0 Å². The molecular weight excluding hydrogens is 94.1 g/mol. The second kappa shape index (κ2) is 1.79. The average Bonchev–Trinajstić information content (AvgIpc) is 1.69. The second-order valence-electron chi connectivity index (χ2n) is 1.19. The van der Waals surface area contributed by atoms with Crippen molar-refractivity contribution in [2.75, 3.05) is 13.4 Å². The van der Waals surface area contributed by atoms with Crippen molar-refractivity contribution in [1.82, 2.24) is 5.32 Å². The summed E-state index contributed by atoms with van der Waals surface area (Å²) in [5.74, 6) is 0. The standard InChI is InChI=1S/C3H7N3O/c4-3-6-1-5-2-7-3/h5H,1-2H2,(H2,4,6). The van der Waals surface area contributed by atoms with Gasteiger partial charge in [0.25, 0.3) is 6.02 Å². The molecule has 3 N–H and O–H groups in total. The molecule has 0 bridgehead atoms. The Morgan fingerprint density at radius 1 is 1.86 bits per heavy atom. The van der Waals surface area contributed by atoms with E-state index in [4.69, 9.17) is 10.5 Å². The third-order valence-electron chi connectivity index (χ3n) is 0.669. The SMILES string of the molecule is NC1=NCNCO1. The molecule has 0 aromatic rings. The number of rotatable bonds is 0. The summed E-state index contributed by atoms with van der Waals surface area (Å²) in [7, 11) is 0. The first kappa shape index (κ1) is 4.39. The zero-order chi connectivity index (χ0) is 5.11. The molecule has 1 aliphatic heterocycles. The highest BCUT2D eigenvalue weighted by molar-refractivity contribution is 5.71. The quantitative estimate of drug-likeness (QED) is 0.404. The lowest BCUT2D eigenvalue weighted by atomic mass is 10.9. The van der Waals surface area contributed by atoms with E-state index in [0.717, 1.165) is 0 Å². The number of ether oxygens (including phenoxy) is 1. The molecule has 40 valence electrons. The van der Waals surface area contributed by atoms with Crippen LogP contribution >= 0.6 is 0 Å². The highest BCUT2D eigenvalue weighted by atomic mass is 16.5. The van der Waals surface area contributed by atoms with Crippen molar-refractivity contribution in [3.05, 3.63) is 0 Å². The summed E-state index contributed by atoms with van der Waals surface area (Å²) in [5, 5.41) is 2.83. The fourth-order valence-electron chi connectivity index (χ4n) is 0.350. The van der Waals surface area contributed by atoms with Crippen LogP contribution < -0.4 is 11.1 Å². The molecule has 0 saturated carbocycles. The topological polar surface area (TPSA) is 59.6 Å². The molecule has 0 aromatic carbocycles. The van der Waals surface area contributed by atoms with Gasteiger partial charge in [-0.3, -0.25) is 5.32 Å². The van der Waals surface area contributed by atoms with Crippen LogP contribution in [-0.4, -0.2) is 19.4 Å². The van der Waals surface area contributed by atoms with Crippen LogP contribution in [0.15, 0.2) is 4.99 Å². The van der Waals surface area contributed by atoms with E-state index >= 15 is 0 Å². The lowest BCUT2D eigenvalue weighted by Gasteiger charge is -2.09. The number of nitrogens with zero attached hydrogens (tertiary/aromatic N) is 1. The summed E-state index contributed by atoms with van der Waals surface area (Å²) in [4.78, 5) is 3.69. The number of nitrogens with two attached hydrogens (primary N) is 1. The monoisotopic (exact) mass is 101 g/mol. The van der Waals surface area contributed by atoms with Crippen molar-refractivity contribution < 1.29 is 4.74 Å². The Morgan fingerprint density at radius 2 is 2.71 bits per heavy atom. The Balaban J connectivity index is 2.40. The molecule has 1 rings (SSSR count). The Hall–Kier alpha value is -0.770. The van der Waals surface area contributed by atoms with E-state index in [0.29, 0.717) is 13.4 Å². The third kappa shape index (κ3) is 1.04. The lowest BCUT2D eigenvalue weighted by molar-refractivity contribution is 0.249. The molecule has 0 aromatic heterocycles. The molecule has 1 heterocycles. The third-order valence-corrected chi connectivity index (χ3v) is 0.669. The Labute approximate surface area is 41.4 Å². The maximum atomic E-state index is 5.12. The van der Waals surface area contributed by atoms with E-state index in [2.05, 4.69) is 10.3 Å². The van der Waals surface area contributed by atoms with Crippen molar-refractivity contribution in [2.24, 2.45) is 10.7 Å². The zero-order valence-electron chi connectivity index (χ0n) is 3.85. The van der Waals surface area contributed by atoms with Crippen molar-refractivity contribution in [3.8, 4) is 0 Å². The van der Waals surface area contributed by atoms with Crippen LogP contribution in [-0.2, 0) is 4.74 Å². The highest BCUT2D eigenvalue weighted by Gasteiger charge is 1.95. The zero-order valence-corrected chi connectivity index (χ0v) is 3.85. The van der Waals surface area contributed by atoms with Crippen LogP contribution in [0, 0.1) is 0 Å². The molecule has 0 aliphatic carbocycles. The van der Waals surface area contributed by atoms with Crippen molar-refractivity contribution in [1.29, 1.82) is 0 Å². The van der Waals surface area contributed by atoms with Crippen LogP contribution in [0.3, 0.4) is 0 Å². The van der Waals surface area contributed by atoms with Gasteiger partial charge in [0, 0.05) is 0 Å². The minimum atomic E-state index is 0.277. The maximum Gasteiger partial charge on any atom is 0.284 e. The van der Waals surface area contributed by atoms with Crippen molar-refractivity contribution in [2.45, 2.75) is 0 Å². The summed E-state index contributed by atoms with van der Waals surface area (Å²) in [6, 6.07) is 0.277. The minimum Gasteiger partial charge on any atom is -0.449 e. The molecule has 0 fully saturated rings. The number of amidine groups is 1. The first-order valence-electron chi connectivity index (χ1n) is 2.03. The van der Waals surface area contributed by atoms with Crippen LogP contribution in [0.5, 0.6) is 0 Å². The average molecular weight is 101 g/mol. The maximum absolute atomic E-state index is 5.12. The first-order chi connectivity index (χ1) is 3.39. The molecular formula is C3H7N3O. The summed E-state index contributed by atoms with van der Waals surface area (Å²) >= 11 is 0. The first-order valence-corrected chi connectivity index (χ1v) is 2.03. The smallest absolute Gasteiger partial charge is 0.284 e. The number of nitrogens with one attached hydrogen (secondary N) is 1. The Bertz CT molecular complexity index is 90.2. The van der Waals surface area contributed by atoms with Gasteiger partial charge in [-0.25, -0.2) is 4.99 Å². The molecule has 0 saturated heterocycles. The van der Waals surface area contributed by atoms with Crippen LogP contribution in [0.25, 0.3) is 0 Å². The van der Waals surface area contributed by atoms with Crippen LogP contribution in [0.1, 0.15) is 0 Å². The predicted molar refractivity (Wildman–Crippen MR) is 25.6 cm³/mol. The van der Waals surface area contributed by atoms with Crippen LogP contribution in [0.2, 0.25) is 0 Å². The molecule has 0 amide bonds. The van der Waals surface area contributed by atoms with Gasteiger partial charge in [-0.05, 0) is 0 Å². The minimum absolute atomic E-state index is 0.277. The van der Waals surface area contributed by atoms with E-state index in [1.165, 1.54) is 0 Å². The normalized spacial score (nSPS) is 20.3. The van der Waals surface area contributed by atoms with E-state index in [-0.39, 0.29) is 6.02 Å². The van der Waals surface area contributed by atoms with Gasteiger partial charge in [0.05, 0.1) is 6.67 Å². The number of hydrogen-bond acceptors (Lipinski definition) is 4. The Kier molecular flexibility index (Phi) is 1.12. The van der Waals surface area contributed by atoms with Gasteiger partial charge < -0.3 is 10.5 Å². The summed E-state index contributed by atoms with van der Waals surface area (Å²) in [6.07, 6.45) is 0. The molecule has 1 aliphatic rings. The van der Waals surface area contributed by atoms with E-state index < -0.39 is 0 Å². The highest BCUT2D eigenvalue weighted by Crippen LogP contribution is 1.78. The molecule has 0 unspecified atom stereocenters.